The molecule has 1 amide bonds. The second-order valence-corrected chi connectivity index (χ2v) is 5.58. The van der Waals surface area contributed by atoms with Gasteiger partial charge in [-0.15, -0.1) is 0 Å². The van der Waals surface area contributed by atoms with E-state index in [2.05, 4.69) is 24.4 Å². The third kappa shape index (κ3) is 3.03. The number of amides is 1. The Morgan fingerprint density at radius 1 is 1.09 bits per heavy atom. The first-order valence-electron chi connectivity index (χ1n) is 7.46. The van der Waals surface area contributed by atoms with Crippen molar-refractivity contribution >= 4 is 16.9 Å². The minimum Gasteiger partial charge on any atom is -0.451 e. The summed E-state index contributed by atoms with van der Waals surface area (Å²) in [6.45, 7) is 4.68. The van der Waals surface area contributed by atoms with Gasteiger partial charge in [-0.25, -0.2) is 0 Å². The Kier molecular flexibility index (Phi) is 3.96. The van der Waals surface area contributed by atoms with Gasteiger partial charge in [-0.1, -0.05) is 36.4 Å². The molecule has 0 aliphatic heterocycles. The fourth-order valence-corrected chi connectivity index (χ4v) is 2.54. The summed E-state index contributed by atoms with van der Waals surface area (Å²) < 4.78 is 5.63. The molecule has 1 N–H and O–H groups in total. The minimum absolute atomic E-state index is 0.164. The summed E-state index contributed by atoms with van der Waals surface area (Å²) >= 11 is 0. The Labute approximate surface area is 130 Å². The number of carbonyl (C=O) groups is 1. The molecular formula is C19H19NO2. The molecule has 0 saturated carbocycles. The van der Waals surface area contributed by atoms with E-state index < -0.39 is 0 Å². The molecule has 0 atom stereocenters. The normalized spacial score (nSPS) is 10.8. The molecule has 1 heterocycles. The maximum absolute atomic E-state index is 12.2. The summed E-state index contributed by atoms with van der Waals surface area (Å²) in [5, 5.41) is 3.87. The van der Waals surface area contributed by atoms with Crippen molar-refractivity contribution in [1.29, 1.82) is 0 Å². The number of carbonyl (C=O) groups excluding carboxylic acids is 1. The van der Waals surface area contributed by atoms with Crippen LogP contribution in [0.15, 0.2) is 52.9 Å². The molecule has 1 aromatic heterocycles. The van der Waals surface area contributed by atoms with Crippen LogP contribution < -0.4 is 5.32 Å². The number of aryl methyl sites for hydroxylation is 2. The van der Waals surface area contributed by atoms with E-state index in [4.69, 9.17) is 4.42 Å². The van der Waals surface area contributed by atoms with Crippen molar-refractivity contribution in [3.8, 4) is 0 Å². The molecule has 0 bridgehead atoms. The Morgan fingerprint density at radius 3 is 2.73 bits per heavy atom. The average molecular weight is 293 g/mol. The van der Waals surface area contributed by atoms with Gasteiger partial charge in [0.05, 0.1) is 0 Å². The largest absolute Gasteiger partial charge is 0.451 e. The Hall–Kier alpha value is -2.55. The van der Waals surface area contributed by atoms with Gasteiger partial charge in [0.2, 0.25) is 0 Å². The van der Waals surface area contributed by atoms with E-state index in [0.717, 1.165) is 23.0 Å². The third-order valence-corrected chi connectivity index (χ3v) is 3.84. The lowest BCUT2D eigenvalue weighted by Crippen LogP contribution is -2.25. The molecule has 0 saturated heterocycles. The molecule has 2 aromatic carbocycles. The summed E-state index contributed by atoms with van der Waals surface area (Å²) in [4.78, 5) is 12.2. The summed E-state index contributed by atoms with van der Waals surface area (Å²) in [5.74, 6) is 0.202. The predicted molar refractivity (Wildman–Crippen MR) is 88.2 cm³/mol. The standard InChI is InChI=1S/C19H19NO2/c1-13-7-8-16-12-18(22-17(16)11-13)19(21)20-10-9-15-6-4-3-5-14(15)2/h3-8,11-12H,9-10H2,1-2H3,(H,20,21). The van der Waals surface area contributed by atoms with Gasteiger partial charge < -0.3 is 9.73 Å². The Balaban J connectivity index is 1.65. The highest BCUT2D eigenvalue weighted by Gasteiger charge is 2.11. The van der Waals surface area contributed by atoms with Crippen molar-refractivity contribution in [2.45, 2.75) is 20.3 Å². The van der Waals surface area contributed by atoms with Gasteiger partial charge in [0.1, 0.15) is 5.58 Å². The first-order valence-corrected chi connectivity index (χ1v) is 7.46. The Morgan fingerprint density at radius 2 is 1.91 bits per heavy atom. The van der Waals surface area contributed by atoms with E-state index in [0.29, 0.717) is 12.3 Å². The molecule has 22 heavy (non-hydrogen) atoms. The fourth-order valence-electron chi connectivity index (χ4n) is 2.54. The SMILES string of the molecule is Cc1ccc2cc(C(=O)NCCc3ccccc3C)oc2c1. The number of rotatable bonds is 4. The third-order valence-electron chi connectivity index (χ3n) is 3.84. The fraction of sp³-hybridized carbons (Fsp3) is 0.211. The number of benzene rings is 2. The van der Waals surface area contributed by atoms with Gasteiger partial charge in [0, 0.05) is 11.9 Å². The average Bonchev–Trinajstić information content (AvgIpc) is 2.92. The minimum atomic E-state index is -0.164. The molecular weight excluding hydrogens is 274 g/mol. The molecule has 0 unspecified atom stereocenters. The topological polar surface area (TPSA) is 42.2 Å². The molecule has 3 rings (SSSR count). The van der Waals surface area contributed by atoms with Crippen molar-refractivity contribution < 1.29 is 9.21 Å². The van der Waals surface area contributed by atoms with Crippen LogP contribution in [0.25, 0.3) is 11.0 Å². The first-order chi connectivity index (χ1) is 10.6. The summed E-state index contributed by atoms with van der Waals surface area (Å²) in [7, 11) is 0. The molecule has 112 valence electrons. The van der Waals surface area contributed by atoms with Gasteiger partial charge in [-0.05, 0) is 49.1 Å². The lowest BCUT2D eigenvalue weighted by atomic mass is 10.1. The van der Waals surface area contributed by atoms with Crippen molar-refractivity contribution in [3.63, 3.8) is 0 Å². The van der Waals surface area contributed by atoms with Gasteiger partial charge in [0.15, 0.2) is 5.76 Å². The van der Waals surface area contributed by atoms with Crippen LogP contribution in [0.3, 0.4) is 0 Å². The highest BCUT2D eigenvalue weighted by atomic mass is 16.3. The molecule has 0 aliphatic carbocycles. The number of nitrogens with one attached hydrogen (secondary N) is 1. The van der Waals surface area contributed by atoms with E-state index in [9.17, 15) is 4.79 Å². The monoisotopic (exact) mass is 293 g/mol. The zero-order chi connectivity index (χ0) is 15.5. The summed E-state index contributed by atoms with van der Waals surface area (Å²) in [6.07, 6.45) is 0.817. The van der Waals surface area contributed by atoms with Crippen molar-refractivity contribution in [3.05, 3.63) is 71.0 Å². The van der Waals surface area contributed by atoms with Crippen LogP contribution in [0, 0.1) is 13.8 Å². The van der Waals surface area contributed by atoms with E-state index in [1.54, 1.807) is 6.07 Å². The van der Waals surface area contributed by atoms with Gasteiger partial charge >= 0.3 is 0 Å². The molecule has 3 aromatic rings. The number of hydrogen-bond donors (Lipinski definition) is 1. The van der Waals surface area contributed by atoms with Crippen LogP contribution in [-0.2, 0) is 6.42 Å². The lowest BCUT2D eigenvalue weighted by molar-refractivity contribution is 0.0928. The highest BCUT2D eigenvalue weighted by molar-refractivity contribution is 5.96. The maximum atomic E-state index is 12.2. The van der Waals surface area contributed by atoms with Crippen LogP contribution in [0.2, 0.25) is 0 Å². The lowest BCUT2D eigenvalue weighted by Gasteiger charge is -2.06. The van der Waals surface area contributed by atoms with Crippen LogP contribution in [0.5, 0.6) is 0 Å². The zero-order valence-electron chi connectivity index (χ0n) is 12.8. The number of fused-ring (bicyclic) bond motifs is 1. The van der Waals surface area contributed by atoms with E-state index in [-0.39, 0.29) is 5.91 Å². The predicted octanol–water partition coefficient (Wildman–Crippen LogP) is 4.02. The molecule has 3 heteroatoms. The van der Waals surface area contributed by atoms with Crippen LogP contribution in [0.4, 0.5) is 0 Å². The number of hydrogen-bond acceptors (Lipinski definition) is 2. The van der Waals surface area contributed by atoms with Crippen molar-refractivity contribution in [2.24, 2.45) is 0 Å². The summed E-state index contributed by atoms with van der Waals surface area (Å²) in [5.41, 5.74) is 4.37. The van der Waals surface area contributed by atoms with Crippen LogP contribution >= 0.6 is 0 Å². The molecule has 0 aliphatic rings. The van der Waals surface area contributed by atoms with Crippen LogP contribution in [-0.4, -0.2) is 12.5 Å². The molecule has 0 radical (unpaired) electrons. The van der Waals surface area contributed by atoms with Crippen molar-refractivity contribution in [1.82, 2.24) is 5.32 Å². The van der Waals surface area contributed by atoms with Crippen LogP contribution in [0.1, 0.15) is 27.2 Å². The summed E-state index contributed by atoms with van der Waals surface area (Å²) in [6, 6.07) is 15.9. The highest BCUT2D eigenvalue weighted by Crippen LogP contribution is 2.20. The number of furan rings is 1. The van der Waals surface area contributed by atoms with Crippen molar-refractivity contribution in [2.75, 3.05) is 6.54 Å². The van der Waals surface area contributed by atoms with Gasteiger partial charge in [-0.3, -0.25) is 4.79 Å². The Bertz CT molecular complexity index is 817. The zero-order valence-corrected chi connectivity index (χ0v) is 12.8. The molecule has 0 spiro atoms. The molecule has 3 nitrogen and oxygen atoms in total. The van der Waals surface area contributed by atoms with E-state index in [1.165, 1.54) is 11.1 Å². The van der Waals surface area contributed by atoms with E-state index in [1.807, 2.05) is 37.3 Å². The second kappa shape index (κ2) is 6.06. The maximum Gasteiger partial charge on any atom is 0.287 e. The van der Waals surface area contributed by atoms with Gasteiger partial charge in [0.25, 0.3) is 5.91 Å². The first kappa shape index (κ1) is 14.4. The smallest absolute Gasteiger partial charge is 0.287 e. The van der Waals surface area contributed by atoms with E-state index >= 15 is 0 Å². The quantitative estimate of drug-likeness (QED) is 0.789. The second-order valence-electron chi connectivity index (χ2n) is 5.58. The van der Waals surface area contributed by atoms with Gasteiger partial charge in [-0.2, -0.15) is 0 Å². The molecule has 0 fully saturated rings.